The fourth-order valence-electron chi connectivity index (χ4n) is 7.56. The number of phenols is 1. The van der Waals surface area contributed by atoms with E-state index in [2.05, 4.69) is 4.90 Å². The molecule has 5 atom stereocenters. The highest BCUT2D eigenvalue weighted by molar-refractivity contribution is 6.24. The number of nitrogens with zero attached hydrogens (tertiary/aromatic N) is 1. The summed E-state index contributed by atoms with van der Waals surface area (Å²) in [5.74, 6) is -6.70. The van der Waals surface area contributed by atoms with Crippen LogP contribution in [0.25, 0.3) is 0 Å². The fourth-order valence-corrected chi connectivity index (χ4v) is 7.56. The third kappa shape index (κ3) is 3.36. The number of hydrogen-bond donors (Lipinski definition) is 6. The van der Waals surface area contributed by atoms with E-state index in [1.807, 2.05) is 0 Å². The van der Waals surface area contributed by atoms with Crippen LogP contribution in [0, 0.1) is 11.8 Å². The topological polar surface area (TPSA) is 197 Å². The zero-order valence-corrected chi connectivity index (χ0v) is 21.6. The predicted octanol–water partition coefficient (Wildman–Crippen LogP) is 1.22. The largest absolute Gasteiger partial charge is 0.510 e. The van der Waals surface area contributed by atoms with E-state index in [-0.39, 0.29) is 35.8 Å². The lowest BCUT2D eigenvalue weighted by molar-refractivity contribution is -0.145. The Bertz CT molecular complexity index is 1380. The maximum atomic E-state index is 13.8. The van der Waals surface area contributed by atoms with Crippen molar-refractivity contribution in [2.45, 2.75) is 68.7 Å². The summed E-state index contributed by atoms with van der Waals surface area (Å²) in [7, 11) is 1.52. The first-order valence-corrected chi connectivity index (χ1v) is 13.4. The minimum atomic E-state index is -2.72. The maximum Gasteiger partial charge on any atom is 0.255 e. The van der Waals surface area contributed by atoms with Crippen LogP contribution in [-0.2, 0) is 16.0 Å². The average Bonchev–Trinajstić information content (AvgIpc) is 3.32. The van der Waals surface area contributed by atoms with Crippen molar-refractivity contribution in [3.8, 4) is 11.5 Å². The van der Waals surface area contributed by atoms with Crippen LogP contribution in [-0.4, -0.2) is 74.1 Å². The number of Topliss-reactive ketones (excluding diaryl/α,β-unsaturated/α-hetero) is 2. The number of allylic oxidation sites excluding steroid dienone is 1. The number of ether oxygens (including phenoxy) is 1. The summed E-state index contributed by atoms with van der Waals surface area (Å²) in [5.41, 5.74) is 8.82. The SMILES string of the molecule is COc1c([C@@H]2CCCN2C2CCC2)cc(O)c2c1C[C@H]1C[C@H]3[C@H](N)C(O)=C(C(N)=O)C(=O)[C@@]3(O)C(O)=C1C2=O. The molecule has 2 fully saturated rings. The number of ketones is 2. The number of fused-ring (bicyclic) bond motifs is 3. The molecule has 1 aliphatic heterocycles. The molecule has 1 aromatic carbocycles. The molecule has 1 heterocycles. The van der Waals surface area contributed by atoms with Gasteiger partial charge >= 0.3 is 0 Å². The second-order valence-corrected chi connectivity index (χ2v) is 11.4. The number of aliphatic hydroxyl groups excluding tert-OH is 2. The summed E-state index contributed by atoms with van der Waals surface area (Å²) < 4.78 is 5.87. The quantitative estimate of drug-likeness (QED) is 0.303. The van der Waals surface area contributed by atoms with Gasteiger partial charge in [0.25, 0.3) is 5.91 Å². The third-order valence-electron chi connectivity index (χ3n) is 9.63. The minimum absolute atomic E-state index is 0.0389. The van der Waals surface area contributed by atoms with Crippen molar-refractivity contribution in [3.05, 3.63) is 45.4 Å². The first kappa shape index (κ1) is 25.8. The summed E-state index contributed by atoms with van der Waals surface area (Å²) in [6, 6.07) is 0.702. The van der Waals surface area contributed by atoms with Crippen LogP contribution < -0.4 is 16.2 Å². The Balaban J connectivity index is 1.48. The molecule has 0 unspecified atom stereocenters. The van der Waals surface area contributed by atoms with E-state index in [0.29, 0.717) is 17.4 Å². The van der Waals surface area contributed by atoms with E-state index in [1.165, 1.54) is 13.5 Å². The van der Waals surface area contributed by atoms with Crippen molar-refractivity contribution in [2.24, 2.45) is 23.3 Å². The predicted molar refractivity (Wildman–Crippen MR) is 137 cm³/mol. The van der Waals surface area contributed by atoms with Gasteiger partial charge in [0.15, 0.2) is 11.4 Å². The lowest BCUT2D eigenvalue weighted by Crippen LogP contribution is -2.63. The van der Waals surface area contributed by atoms with E-state index >= 15 is 0 Å². The number of benzene rings is 1. The third-order valence-corrected chi connectivity index (χ3v) is 9.63. The Morgan fingerprint density at radius 1 is 1.15 bits per heavy atom. The first-order valence-electron chi connectivity index (χ1n) is 13.4. The lowest BCUT2D eigenvalue weighted by Gasteiger charge is -2.48. The molecular formula is C28H33N3O8. The Kier molecular flexibility index (Phi) is 5.83. The van der Waals surface area contributed by atoms with Crippen LogP contribution in [0.5, 0.6) is 11.5 Å². The normalized spacial score (nSPS) is 33.0. The maximum absolute atomic E-state index is 13.8. The number of amides is 1. The van der Waals surface area contributed by atoms with Gasteiger partial charge in [-0.1, -0.05) is 6.42 Å². The van der Waals surface area contributed by atoms with Crippen molar-refractivity contribution >= 4 is 17.5 Å². The number of carbonyl (C=O) groups excluding carboxylic acids is 3. The fraction of sp³-hybridized carbons (Fsp3) is 0.536. The molecule has 0 radical (unpaired) electrons. The molecule has 1 saturated carbocycles. The molecule has 1 amide bonds. The van der Waals surface area contributed by atoms with Crippen molar-refractivity contribution in [3.63, 3.8) is 0 Å². The van der Waals surface area contributed by atoms with Gasteiger partial charge in [0.05, 0.1) is 18.7 Å². The van der Waals surface area contributed by atoms with Crippen LogP contribution in [0.4, 0.5) is 0 Å². The minimum Gasteiger partial charge on any atom is -0.510 e. The number of hydrogen-bond acceptors (Lipinski definition) is 10. The molecule has 0 bridgehead atoms. The van der Waals surface area contributed by atoms with E-state index in [1.54, 1.807) is 6.07 Å². The van der Waals surface area contributed by atoms with Gasteiger partial charge in [-0.2, -0.15) is 0 Å². The van der Waals surface area contributed by atoms with Crippen molar-refractivity contribution in [1.29, 1.82) is 0 Å². The molecule has 0 aromatic heterocycles. The molecule has 4 aliphatic carbocycles. The number of likely N-dealkylation sites (tertiary alicyclic amines) is 1. The van der Waals surface area contributed by atoms with Gasteiger partial charge in [0, 0.05) is 34.7 Å². The van der Waals surface area contributed by atoms with Crippen molar-refractivity contribution in [2.75, 3.05) is 13.7 Å². The first-order chi connectivity index (χ1) is 18.5. The number of carbonyl (C=O) groups is 3. The van der Waals surface area contributed by atoms with Crippen molar-refractivity contribution < 1.29 is 39.5 Å². The Morgan fingerprint density at radius 2 is 1.87 bits per heavy atom. The summed E-state index contributed by atoms with van der Waals surface area (Å²) in [6.07, 6.45) is 5.49. The number of nitrogens with two attached hydrogens (primary N) is 2. The Labute approximate surface area is 224 Å². The van der Waals surface area contributed by atoms with Gasteiger partial charge in [-0.05, 0) is 57.1 Å². The zero-order chi connectivity index (χ0) is 28.0. The number of phenolic OH excluding ortho intramolecular Hbond substituents is 1. The number of aliphatic hydroxyl groups is 3. The average molecular weight is 540 g/mol. The number of methoxy groups -OCH3 is 1. The summed E-state index contributed by atoms with van der Waals surface area (Å²) in [4.78, 5) is 41.4. The second kappa shape index (κ2) is 8.80. The molecule has 11 heteroatoms. The van der Waals surface area contributed by atoms with E-state index in [9.17, 15) is 34.8 Å². The lowest BCUT2D eigenvalue weighted by atomic mass is 9.59. The van der Waals surface area contributed by atoms with E-state index in [0.717, 1.165) is 37.8 Å². The molecule has 11 nitrogen and oxygen atoms in total. The van der Waals surface area contributed by atoms with E-state index in [4.69, 9.17) is 16.2 Å². The zero-order valence-electron chi connectivity index (χ0n) is 21.6. The van der Waals surface area contributed by atoms with Crippen LogP contribution in [0.15, 0.2) is 28.7 Å². The molecular weight excluding hydrogens is 506 g/mol. The Hall–Kier alpha value is -3.41. The molecule has 6 rings (SSSR count). The van der Waals surface area contributed by atoms with Crippen molar-refractivity contribution in [1.82, 2.24) is 4.90 Å². The highest BCUT2D eigenvalue weighted by Crippen LogP contribution is 2.54. The second-order valence-electron chi connectivity index (χ2n) is 11.4. The van der Waals surface area contributed by atoms with Gasteiger partial charge in [-0.25, -0.2) is 0 Å². The molecule has 5 aliphatic rings. The molecule has 1 saturated heterocycles. The molecule has 208 valence electrons. The van der Waals surface area contributed by atoms with Gasteiger partial charge in [0.1, 0.15) is 28.6 Å². The molecule has 0 spiro atoms. The molecule has 1 aromatic rings. The monoisotopic (exact) mass is 539 g/mol. The van der Waals surface area contributed by atoms with E-state index < -0.39 is 58.0 Å². The highest BCUT2D eigenvalue weighted by atomic mass is 16.5. The summed E-state index contributed by atoms with van der Waals surface area (Å²) in [6.45, 7) is 0.954. The number of primary amides is 1. The highest BCUT2D eigenvalue weighted by Gasteiger charge is 2.62. The molecule has 8 N–H and O–H groups in total. The number of aromatic hydroxyl groups is 1. The van der Waals surface area contributed by atoms with Crippen LogP contribution in [0.3, 0.4) is 0 Å². The van der Waals surface area contributed by atoms with Crippen LogP contribution in [0.2, 0.25) is 0 Å². The number of rotatable bonds is 4. The molecule has 39 heavy (non-hydrogen) atoms. The van der Waals surface area contributed by atoms with Gasteiger partial charge in [-0.15, -0.1) is 0 Å². The Morgan fingerprint density at radius 3 is 2.49 bits per heavy atom. The smallest absolute Gasteiger partial charge is 0.255 e. The van der Waals surface area contributed by atoms with Gasteiger partial charge in [-0.3, -0.25) is 19.3 Å². The van der Waals surface area contributed by atoms with Crippen LogP contribution >= 0.6 is 0 Å². The summed E-state index contributed by atoms with van der Waals surface area (Å²) >= 11 is 0. The summed E-state index contributed by atoms with van der Waals surface area (Å²) in [5, 5.41) is 44.4. The van der Waals surface area contributed by atoms with Crippen LogP contribution in [0.1, 0.15) is 66.1 Å². The standard InChI is InChI=1S/C28H33N3O8/c1-39-24-13(16-6-3-7-31(16)12-4-2-5-12)10-17(32)19-14(24)8-11-9-15-21(29)23(34)20(27(30)37)26(36)28(15,38)25(35)18(11)22(19)33/h10-12,15-16,21,32,34-35,38H,2-9,29H2,1H3,(H2,30,37)/t11-,15-,16-,21-,28-/m0/s1. The van der Waals surface area contributed by atoms with Gasteiger partial charge in [0.2, 0.25) is 5.78 Å². The van der Waals surface area contributed by atoms with Gasteiger partial charge < -0.3 is 36.6 Å².